The van der Waals surface area contributed by atoms with E-state index in [4.69, 9.17) is 0 Å². The summed E-state index contributed by atoms with van der Waals surface area (Å²) in [6.45, 7) is 4.26. The fraction of sp³-hybridized carbons (Fsp3) is 0.875. The molecule has 260 valence electrons. The number of aliphatic hydroxyl groups is 2. The van der Waals surface area contributed by atoms with Crippen LogP contribution in [0, 0.1) is 0 Å². The summed E-state index contributed by atoms with van der Waals surface area (Å²) in [7, 11) is 0. The zero-order valence-electron chi connectivity index (χ0n) is 29.7. The minimum absolute atomic E-state index is 0.0998. The molecule has 4 nitrogen and oxygen atoms in total. The second kappa shape index (κ2) is 36.3. The summed E-state index contributed by atoms with van der Waals surface area (Å²) in [5.74, 6) is -0.0998. The number of hydrogen-bond donors (Lipinski definition) is 3. The molecule has 0 aliphatic heterocycles. The van der Waals surface area contributed by atoms with Gasteiger partial charge >= 0.3 is 0 Å². The van der Waals surface area contributed by atoms with E-state index in [1.165, 1.54) is 154 Å². The average Bonchev–Trinajstić information content (AvgIpc) is 3.03. The summed E-state index contributed by atoms with van der Waals surface area (Å²) in [4.78, 5) is 12.2. The number of aliphatic hydroxyl groups excluding tert-OH is 2. The molecule has 0 radical (unpaired) electrons. The highest BCUT2D eigenvalue weighted by Gasteiger charge is 2.17. The fourth-order valence-electron chi connectivity index (χ4n) is 5.89. The van der Waals surface area contributed by atoms with Crippen molar-refractivity contribution in [3.63, 3.8) is 0 Å². The smallest absolute Gasteiger partial charge is 0.220 e. The SMILES string of the molecule is CCCCCC/C=C\CCCC(=O)NC(CO)C(O)/C=C/CCCCCCCCCCCCCCCCCCCCCCC. The predicted molar refractivity (Wildman–Crippen MR) is 193 cm³/mol. The average molecular weight is 620 g/mol. The van der Waals surface area contributed by atoms with Gasteiger partial charge in [-0.15, -0.1) is 0 Å². The highest BCUT2D eigenvalue weighted by atomic mass is 16.3. The number of unbranched alkanes of at least 4 members (excludes halogenated alkanes) is 26. The molecule has 3 N–H and O–H groups in total. The highest BCUT2D eigenvalue weighted by molar-refractivity contribution is 5.76. The van der Waals surface area contributed by atoms with Crippen molar-refractivity contribution >= 4 is 5.91 Å². The van der Waals surface area contributed by atoms with Crippen molar-refractivity contribution in [2.75, 3.05) is 6.61 Å². The molecule has 0 saturated heterocycles. The molecule has 0 spiro atoms. The van der Waals surface area contributed by atoms with Crippen molar-refractivity contribution in [1.29, 1.82) is 0 Å². The fourth-order valence-corrected chi connectivity index (χ4v) is 5.89. The van der Waals surface area contributed by atoms with Crippen LogP contribution in [-0.2, 0) is 4.79 Å². The van der Waals surface area contributed by atoms with Crippen molar-refractivity contribution in [2.24, 2.45) is 0 Å². The molecule has 0 aliphatic rings. The van der Waals surface area contributed by atoms with Crippen molar-refractivity contribution in [1.82, 2.24) is 5.32 Å². The summed E-state index contributed by atoms with van der Waals surface area (Å²) in [5.41, 5.74) is 0. The van der Waals surface area contributed by atoms with E-state index in [-0.39, 0.29) is 12.5 Å². The van der Waals surface area contributed by atoms with Gasteiger partial charge in [0.05, 0.1) is 18.8 Å². The summed E-state index contributed by atoms with van der Waals surface area (Å²) in [6, 6.07) is -0.632. The Hall–Kier alpha value is -1.13. The Morgan fingerprint density at radius 1 is 0.523 bits per heavy atom. The molecule has 0 rings (SSSR count). The van der Waals surface area contributed by atoms with Gasteiger partial charge in [-0.1, -0.05) is 186 Å². The van der Waals surface area contributed by atoms with Crippen molar-refractivity contribution < 1.29 is 15.0 Å². The van der Waals surface area contributed by atoms with Gasteiger partial charge in [-0.3, -0.25) is 4.79 Å². The molecule has 0 aliphatic carbocycles. The van der Waals surface area contributed by atoms with Crippen LogP contribution in [0.1, 0.15) is 206 Å². The summed E-state index contributed by atoms with van der Waals surface area (Å²) < 4.78 is 0. The summed E-state index contributed by atoms with van der Waals surface area (Å²) in [5, 5.41) is 22.8. The molecule has 4 heteroatoms. The number of nitrogens with one attached hydrogen (secondary N) is 1. The van der Waals surface area contributed by atoms with E-state index in [9.17, 15) is 15.0 Å². The number of amides is 1. The highest BCUT2D eigenvalue weighted by Crippen LogP contribution is 2.15. The molecule has 0 aromatic rings. The van der Waals surface area contributed by atoms with E-state index in [1.807, 2.05) is 6.08 Å². The lowest BCUT2D eigenvalue weighted by Crippen LogP contribution is -2.45. The van der Waals surface area contributed by atoms with E-state index in [0.29, 0.717) is 6.42 Å². The normalized spacial score (nSPS) is 13.3. The Morgan fingerprint density at radius 2 is 0.864 bits per heavy atom. The second-order valence-corrected chi connectivity index (χ2v) is 13.3. The third-order valence-corrected chi connectivity index (χ3v) is 8.93. The number of allylic oxidation sites excluding steroid dienone is 3. The number of rotatable bonds is 35. The van der Waals surface area contributed by atoms with Gasteiger partial charge in [-0.2, -0.15) is 0 Å². The lowest BCUT2D eigenvalue weighted by atomic mass is 10.0. The summed E-state index contributed by atoms with van der Waals surface area (Å²) >= 11 is 0. The van der Waals surface area contributed by atoms with Crippen LogP contribution in [0.3, 0.4) is 0 Å². The molecule has 0 heterocycles. The van der Waals surface area contributed by atoms with Crippen molar-refractivity contribution in [3.8, 4) is 0 Å². The number of carbonyl (C=O) groups is 1. The first-order chi connectivity index (χ1) is 21.7. The maximum Gasteiger partial charge on any atom is 0.220 e. The van der Waals surface area contributed by atoms with E-state index in [2.05, 4.69) is 31.3 Å². The van der Waals surface area contributed by atoms with Gasteiger partial charge in [-0.25, -0.2) is 0 Å². The Kier molecular flexibility index (Phi) is 35.4. The van der Waals surface area contributed by atoms with Gasteiger partial charge < -0.3 is 15.5 Å². The zero-order chi connectivity index (χ0) is 32.2. The standard InChI is InChI=1S/C40H77NO3/c1-3-5-7-9-11-13-14-15-16-17-18-19-20-21-22-23-24-25-26-28-29-31-33-35-39(43)38(37-42)41-40(44)36-34-32-30-27-12-10-8-6-4-2/h27,30,33,35,38-39,42-43H,3-26,28-29,31-32,34,36-37H2,1-2H3,(H,41,44)/b30-27-,35-33+. The maximum atomic E-state index is 12.2. The molecule has 2 unspecified atom stereocenters. The molecule has 0 aromatic carbocycles. The molecule has 0 fully saturated rings. The Bertz CT molecular complexity index is 632. The lowest BCUT2D eigenvalue weighted by molar-refractivity contribution is -0.122. The molecule has 0 saturated carbocycles. The molecule has 0 bridgehead atoms. The first-order valence-electron chi connectivity index (χ1n) is 19.6. The van der Waals surface area contributed by atoms with Crippen LogP contribution in [0.5, 0.6) is 0 Å². The first kappa shape index (κ1) is 42.9. The van der Waals surface area contributed by atoms with E-state index < -0.39 is 12.1 Å². The molecule has 2 atom stereocenters. The third kappa shape index (κ3) is 32.3. The van der Waals surface area contributed by atoms with Crippen LogP contribution in [0.2, 0.25) is 0 Å². The van der Waals surface area contributed by atoms with Crippen molar-refractivity contribution in [2.45, 2.75) is 219 Å². The summed E-state index contributed by atoms with van der Waals surface area (Å²) in [6.07, 6.45) is 45.8. The van der Waals surface area contributed by atoms with Crippen LogP contribution in [0.15, 0.2) is 24.3 Å². The van der Waals surface area contributed by atoms with Crippen LogP contribution in [0.25, 0.3) is 0 Å². The second-order valence-electron chi connectivity index (χ2n) is 13.3. The first-order valence-corrected chi connectivity index (χ1v) is 19.6. The predicted octanol–water partition coefficient (Wildman–Crippen LogP) is 11.7. The van der Waals surface area contributed by atoms with Crippen LogP contribution in [-0.4, -0.2) is 34.9 Å². The minimum atomic E-state index is -0.845. The van der Waals surface area contributed by atoms with E-state index in [1.54, 1.807) is 6.08 Å². The number of hydrogen-bond acceptors (Lipinski definition) is 3. The number of carbonyl (C=O) groups excluding carboxylic acids is 1. The van der Waals surface area contributed by atoms with Gasteiger partial charge in [0.1, 0.15) is 0 Å². The Morgan fingerprint density at radius 3 is 1.27 bits per heavy atom. The maximum absolute atomic E-state index is 12.2. The Labute approximate surface area is 275 Å². The van der Waals surface area contributed by atoms with Crippen LogP contribution >= 0.6 is 0 Å². The monoisotopic (exact) mass is 620 g/mol. The van der Waals surface area contributed by atoms with Gasteiger partial charge in [0.15, 0.2) is 0 Å². The van der Waals surface area contributed by atoms with Gasteiger partial charge in [0, 0.05) is 6.42 Å². The van der Waals surface area contributed by atoms with Gasteiger partial charge in [0.25, 0.3) is 0 Å². The van der Waals surface area contributed by atoms with Crippen LogP contribution in [0.4, 0.5) is 0 Å². The van der Waals surface area contributed by atoms with E-state index >= 15 is 0 Å². The van der Waals surface area contributed by atoms with Gasteiger partial charge in [0.2, 0.25) is 5.91 Å². The molecular weight excluding hydrogens is 542 g/mol. The van der Waals surface area contributed by atoms with Crippen molar-refractivity contribution in [3.05, 3.63) is 24.3 Å². The molecular formula is C40H77NO3. The van der Waals surface area contributed by atoms with E-state index in [0.717, 1.165) is 32.1 Å². The van der Waals surface area contributed by atoms with Gasteiger partial charge in [-0.05, 0) is 38.5 Å². The largest absolute Gasteiger partial charge is 0.394 e. The topological polar surface area (TPSA) is 69.6 Å². The molecule has 44 heavy (non-hydrogen) atoms. The Balaban J connectivity index is 3.53. The molecule has 1 amide bonds. The minimum Gasteiger partial charge on any atom is -0.394 e. The third-order valence-electron chi connectivity index (χ3n) is 8.93. The van der Waals surface area contributed by atoms with Crippen LogP contribution < -0.4 is 5.32 Å². The zero-order valence-corrected chi connectivity index (χ0v) is 29.7. The molecule has 0 aromatic heterocycles. The lowest BCUT2D eigenvalue weighted by Gasteiger charge is -2.19. The quantitative estimate of drug-likeness (QED) is 0.0488.